The fourth-order valence-corrected chi connectivity index (χ4v) is 5.09. The van der Waals surface area contributed by atoms with Gasteiger partial charge in [-0.3, -0.25) is 9.52 Å². The Hall–Kier alpha value is -4.58. The predicted octanol–water partition coefficient (Wildman–Crippen LogP) is 3.73. The number of carboxylic acid groups (broad SMARTS) is 2. The van der Waals surface area contributed by atoms with E-state index >= 15 is 0 Å². The molecule has 0 aliphatic heterocycles. The first kappa shape index (κ1) is 28.0. The summed E-state index contributed by atoms with van der Waals surface area (Å²) in [6.45, 7) is 5.37. The number of carbonyl (C=O) groups excluding carboxylic acids is 1. The van der Waals surface area contributed by atoms with Crippen molar-refractivity contribution in [3.8, 4) is 5.75 Å². The second kappa shape index (κ2) is 11.6. The van der Waals surface area contributed by atoms with Gasteiger partial charge in [-0.05, 0) is 68.4 Å². The van der Waals surface area contributed by atoms with Gasteiger partial charge in [0, 0.05) is 24.3 Å². The molecule has 3 aromatic rings. The maximum absolute atomic E-state index is 13.0. The molecule has 0 amide bonds. The van der Waals surface area contributed by atoms with E-state index in [1.807, 2.05) is 26.0 Å². The molecule has 11 nitrogen and oxygen atoms in total. The number of phenols is 1. The van der Waals surface area contributed by atoms with E-state index in [9.17, 15) is 33.0 Å². The van der Waals surface area contributed by atoms with Crippen LogP contribution in [0.3, 0.4) is 0 Å². The summed E-state index contributed by atoms with van der Waals surface area (Å²) in [5.41, 5.74) is 0.0475. The zero-order valence-electron chi connectivity index (χ0n) is 20.6. The van der Waals surface area contributed by atoms with Gasteiger partial charge in [0.15, 0.2) is 5.78 Å². The third kappa shape index (κ3) is 6.21. The molecular weight excluding hydrogens is 514 g/mol. The molecule has 3 rings (SSSR count). The molecule has 0 spiro atoms. The number of aromatic carboxylic acids is 2. The lowest BCUT2D eigenvalue weighted by molar-refractivity contribution is 0.0684. The topological polar surface area (TPSA) is 173 Å². The smallest absolute Gasteiger partial charge is 0.339 e. The van der Waals surface area contributed by atoms with E-state index in [1.165, 1.54) is 12.1 Å². The van der Waals surface area contributed by atoms with Crippen LogP contribution < -0.4 is 14.9 Å². The van der Waals surface area contributed by atoms with Gasteiger partial charge in [0.05, 0.1) is 23.5 Å². The molecule has 0 aliphatic carbocycles. The van der Waals surface area contributed by atoms with E-state index in [0.29, 0.717) is 5.56 Å². The Bertz CT molecular complexity index is 1470. The van der Waals surface area contributed by atoms with Crippen LogP contribution in [0.5, 0.6) is 5.75 Å². The number of hydrogen-bond acceptors (Lipinski definition) is 8. The number of carbonyl (C=O) groups is 3. The number of hydrogen-bond donors (Lipinski definition) is 5. The van der Waals surface area contributed by atoms with E-state index in [1.54, 1.807) is 12.1 Å². The van der Waals surface area contributed by atoms with Gasteiger partial charge in [-0.15, -0.1) is 0 Å². The third-order valence-electron chi connectivity index (χ3n) is 5.78. The summed E-state index contributed by atoms with van der Waals surface area (Å²) in [4.78, 5) is 37.3. The Morgan fingerprint density at radius 3 is 2.03 bits per heavy atom. The van der Waals surface area contributed by atoms with Crippen molar-refractivity contribution in [2.75, 3.05) is 34.6 Å². The molecule has 0 saturated carbocycles. The second-order valence-corrected chi connectivity index (χ2v) is 9.77. The summed E-state index contributed by atoms with van der Waals surface area (Å²) >= 11 is 0. The fourth-order valence-electron chi connectivity index (χ4n) is 3.80. The van der Waals surface area contributed by atoms with Gasteiger partial charge in [-0.2, -0.15) is 0 Å². The van der Waals surface area contributed by atoms with Crippen molar-refractivity contribution in [1.82, 2.24) is 0 Å². The van der Waals surface area contributed by atoms with Gasteiger partial charge >= 0.3 is 11.9 Å². The van der Waals surface area contributed by atoms with Crippen LogP contribution in [0.4, 0.5) is 17.1 Å². The summed E-state index contributed by atoms with van der Waals surface area (Å²) in [7, 11) is -4.54. The van der Waals surface area contributed by atoms with Crippen molar-refractivity contribution >= 4 is 44.8 Å². The van der Waals surface area contributed by atoms with Crippen molar-refractivity contribution in [2.24, 2.45) is 0 Å². The number of phenolic OH excluding ortho intramolecular Hbond substituents is 1. The van der Waals surface area contributed by atoms with Gasteiger partial charge in [0.25, 0.3) is 10.0 Å². The van der Waals surface area contributed by atoms with Crippen molar-refractivity contribution in [3.05, 3.63) is 77.4 Å². The Kier molecular flexibility index (Phi) is 8.58. The maximum Gasteiger partial charge on any atom is 0.339 e. The highest BCUT2D eigenvalue weighted by Crippen LogP contribution is 2.30. The van der Waals surface area contributed by atoms with E-state index in [-0.39, 0.29) is 29.3 Å². The van der Waals surface area contributed by atoms with Crippen molar-refractivity contribution in [1.29, 1.82) is 0 Å². The number of anilines is 3. The first-order valence-corrected chi connectivity index (χ1v) is 13.0. The van der Waals surface area contributed by atoms with E-state index in [0.717, 1.165) is 43.0 Å². The summed E-state index contributed by atoms with van der Waals surface area (Å²) in [6.07, 6.45) is 0. The summed E-state index contributed by atoms with van der Waals surface area (Å²) in [5, 5.41) is 31.6. The molecule has 0 saturated heterocycles. The van der Waals surface area contributed by atoms with Crippen LogP contribution in [0.1, 0.15) is 44.9 Å². The van der Waals surface area contributed by atoms with Crippen molar-refractivity contribution in [2.45, 2.75) is 18.7 Å². The zero-order chi connectivity index (χ0) is 28.0. The van der Waals surface area contributed by atoms with Crippen molar-refractivity contribution in [3.63, 3.8) is 0 Å². The second-order valence-electron chi connectivity index (χ2n) is 8.12. The average molecular weight is 542 g/mol. The summed E-state index contributed by atoms with van der Waals surface area (Å²) in [5.74, 6) is -3.87. The molecule has 0 radical (unpaired) electrons. The molecule has 38 heavy (non-hydrogen) atoms. The summed E-state index contributed by atoms with van der Waals surface area (Å²) < 4.78 is 28.2. The first-order valence-electron chi connectivity index (χ1n) is 11.6. The molecule has 0 aromatic heterocycles. The molecule has 0 heterocycles. The molecule has 5 N–H and O–H groups in total. The standard InChI is InChI=1S/C26H27N3O8S/c1-3-29(4-2)18-11-8-16(9-12-18)22(31)15-27-20-6-5-7-23(24(20)26(34)35)38(36,37)28-19-13-10-17(25(32)33)14-21(19)30/h5-14,27-28,30H,3-4,15H2,1-2H3,(H,32,33)(H,34,35). The molecule has 0 aliphatic rings. The minimum absolute atomic E-state index is 0.0982. The SMILES string of the molecule is CCN(CC)c1ccc(C(=O)CNc2cccc(S(=O)(=O)Nc3ccc(C(=O)O)cc3O)c2C(=O)O)cc1. The van der Waals surface area contributed by atoms with Crippen LogP contribution in [0.15, 0.2) is 65.6 Å². The lowest BCUT2D eigenvalue weighted by Gasteiger charge is -2.21. The quantitative estimate of drug-likeness (QED) is 0.168. The Morgan fingerprint density at radius 2 is 1.47 bits per heavy atom. The maximum atomic E-state index is 13.0. The van der Waals surface area contributed by atoms with Gasteiger partial charge in [0.1, 0.15) is 16.2 Å². The average Bonchev–Trinajstić information content (AvgIpc) is 2.89. The number of nitrogens with zero attached hydrogens (tertiary/aromatic N) is 1. The third-order valence-corrected chi connectivity index (χ3v) is 7.18. The molecule has 0 atom stereocenters. The van der Waals surface area contributed by atoms with Crippen LogP contribution in [0.25, 0.3) is 0 Å². The van der Waals surface area contributed by atoms with Crippen LogP contribution in [-0.2, 0) is 10.0 Å². The number of Topliss-reactive ketones (excluding diaryl/α,β-unsaturated/α-hetero) is 1. The number of aromatic hydroxyl groups is 1. The van der Waals surface area contributed by atoms with Crippen LogP contribution in [-0.4, -0.2) is 61.1 Å². The fraction of sp³-hybridized carbons (Fsp3) is 0.192. The number of rotatable bonds is 12. The largest absolute Gasteiger partial charge is 0.506 e. The van der Waals surface area contributed by atoms with Crippen molar-refractivity contribution < 1.29 is 38.1 Å². The highest BCUT2D eigenvalue weighted by Gasteiger charge is 2.26. The van der Waals surface area contributed by atoms with Crippen LogP contribution in [0, 0.1) is 0 Å². The van der Waals surface area contributed by atoms with Gasteiger partial charge < -0.3 is 25.5 Å². The summed E-state index contributed by atoms with van der Waals surface area (Å²) in [6, 6.07) is 13.7. The Morgan fingerprint density at radius 1 is 0.842 bits per heavy atom. The minimum atomic E-state index is -4.54. The molecule has 0 fully saturated rings. The molecule has 3 aromatic carbocycles. The van der Waals surface area contributed by atoms with E-state index in [4.69, 9.17) is 5.11 Å². The lowest BCUT2D eigenvalue weighted by atomic mass is 10.1. The van der Waals surface area contributed by atoms with Gasteiger partial charge in [0.2, 0.25) is 0 Å². The number of nitrogens with one attached hydrogen (secondary N) is 2. The highest BCUT2D eigenvalue weighted by atomic mass is 32.2. The Labute approximate surface area is 219 Å². The predicted molar refractivity (Wildman–Crippen MR) is 142 cm³/mol. The van der Waals surface area contributed by atoms with Gasteiger partial charge in [-0.25, -0.2) is 18.0 Å². The molecule has 200 valence electrons. The Balaban J connectivity index is 1.84. The zero-order valence-corrected chi connectivity index (χ0v) is 21.4. The van der Waals surface area contributed by atoms with Crippen LogP contribution in [0.2, 0.25) is 0 Å². The highest BCUT2D eigenvalue weighted by molar-refractivity contribution is 7.92. The minimum Gasteiger partial charge on any atom is -0.506 e. The number of ketones is 1. The molecular formula is C26H27N3O8S. The van der Waals surface area contributed by atoms with E-state index in [2.05, 4.69) is 14.9 Å². The van der Waals surface area contributed by atoms with Crippen LogP contribution >= 0.6 is 0 Å². The normalized spacial score (nSPS) is 11.0. The number of sulfonamides is 1. The number of benzene rings is 3. The molecule has 12 heteroatoms. The molecule has 0 bridgehead atoms. The molecule has 0 unspecified atom stereocenters. The lowest BCUT2D eigenvalue weighted by Crippen LogP contribution is -2.22. The number of carboxylic acids is 2. The van der Waals surface area contributed by atoms with Gasteiger partial charge in [-0.1, -0.05) is 6.07 Å². The first-order chi connectivity index (χ1) is 18.0. The van der Waals surface area contributed by atoms with E-state index < -0.39 is 38.2 Å². The monoisotopic (exact) mass is 541 g/mol.